The van der Waals surface area contributed by atoms with E-state index in [0.29, 0.717) is 48.9 Å². The van der Waals surface area contributed by atoms with Crippen LogP contribution in [-0.4, -0.2) is 68.0 Å². The molecule has 0 radical (unpaired) electrons. The molecule has 5 rings (SSSR count). The van der Waals surface area contributed by atoms with E-state index in [1.165, 1.54) is 24.8 Å². The van der Waals surface area contributed by atoms with E-state index in [2.05, 4.69) is 25.1 Å². The molecule has 0 bridgehead atoms. The topological polar surface area (TPSA) is 119 Å². The lowest BCUT2D eigenvalue weighted by atomic mass is 9.93. The summed E-state index contributed by atoms with van der Waals surface area (Å²) >= 11 is 1.45. The number of benzene rings is 1. The Bertz CT molecular complexity index is 1130. The van der Waals surface area contributed by atoms with Gasteiger partial charge in [0.15, 0.2) is 11.5 Å². The summed E-state index contributed by atoms with van der Waals surface area (Å²) in [6, 6.07) is 9.01. The van der Waals surface area contributed by atoms with Crippen LogP contribution >= 0.6 is 11.9 Å². The third kappa shape index (κ3) is 6.06. The first-order valence-electron chi connectivity index (χ1n) is 12.9. The normalized spacial score (nSPS) is 20.6. The number of anilines is 3. The van der Waals surface area contributed by atoms with Crippen molar-refractivity contribution in [3.8, 4) is 0 Å². The van der Waals surface area contributed by atoms with Crippen molar-refractivity contribution in [1.82, 2.24) is 9.71 Å². The van der Waals surface area contributed by atoms with Crippen LogP contribution < -0.4 is 19.8 Å². The lowest BCUT2D eigenvalue weighted by Gasteiger charge is -2.35. The summed E-state index contributed by atoms with van der Waals surface area (Å²) in [5.74, 6) is 0.578. The van der Waals surface area contributed by atoms with E-state index < -0.39 is 0 Å². The Labute approximate surface area is 221 Å². The quantitative estimate of drug-likeness (QED) is 0.254. The molecule has 3 N–H and O–H groups in total. The van der Waals surface area contributed by atoms with Crippen molar-refractivity contribution in [2.45, 2.75) is 43.6 Å². The highest BCUT2D eigenvalue weighted by atomic mass is 32.2. The van der Waals surface area contributed by atoms with Crippen LogP contribution in [0.2, 0.25) is 0 Å². The summed E-state index contributed by atoms with van der Waals surface area (Å²) in [5.41, 5.74) is 2.25. The first-order chi connectivity index (χ1) is 18.0. The van der Waals surface area contributed by atoms with Crippen LogP contribution in [0.3, 0.4) is 0 Å². The van der Waals surface area contributed by atoms with E-state index in [-0.39, 0.29) is 24.3 Å². The molecular weight excluding hydrogens is 492 g/mol. The predicted octanol–water partition coefficient (Wildman–Crippen LogP) is 3.93. The van der Waals surface area contributed by atoms with Gasteiger partial charge in [-0.3, -0.25) is 9.52 Å². The standard InChI is InChI=1S/C26H34N6O4S/c1-18-17-32(13-15-36-18)24-21(30-35)4-5-23(28-24)29-25(34)20-3-2-19(37-27-10-14-33)16-22(20)31-11-8-26(6-7-26)9-12-31/h2-5,16,18,27,33H,6-15,17H2,1H3,(H,28,29,34)/t18-/m1/s1. The number of piperidine rings is 1. The van der Waals surface area contributed by atoms with E-state index in [4.69, 9.17) is 9.84 Å². The van der Waals surface area contributed by atoms with Crippen LogP contribution in [0.5, 0.6) is 0 Å². The predicted molar refractivity (Wildman–Crippen MR) is 146 cm³/mol. The van der Waals surface area contributed by atoms with Gasteiger partial charge in [-0.25, -0.2) is 4.98 Å². The van der Waals surface area contributed by atoms with Crippen molar-refractivity contribution in [3.05, 3.63) is 40.8 Å². The van der Waals surface area contributed by atoms with Crippen LogP contribution in [0.4, 0.5) is 23.0 Å². The number of nitrogens with zero attached hydrogens (tertiary/aromatic N) is 4. The zero-order valence-electron chi connectivity index (χ0n) is 21.1. The molecule has 1 aliphatic carbocycles. The minimum Gasteiger partial charge on any atom is -0.395 e. The van der Waals surface area contributed by atoms with Crippen LogP contribution in [0.1, 0.15) is 43.0 Å². The SMILES string of the molecule is C[C@@H]1CN(c2nc(NC(=O)c3ccc(SNCCO)cc3N3CCC4(CC3)CC4)ccc2N=O)CCO1. The number of rotatable bonds is 9. The molecule has 3 fully saturated rings. The number of hydrogen-bond acceptors (Lipinski definition) is 10. The van der Waals surface area contributed by atoms with Gasteiger partial charge in [0.05, 0.1) is 30.6 Å². The molecule has 2 saturated heterocycles. The van der Waals surface area contributed by atoms with E-state index in [9.17, 15) is 9.70 Å². The lowest BCUT2D eigenvalue weighted by molar-refractivity contribution is 0.0530. The molecular formula is C26H34N6O4S. The maximum atomic E-state index is 13.5. The second-order valence-electron chi connectivity index (χ2n) is 10.1. The number of carbonyl (C=O) groups is 1. The summed E-state index contributed by atoms with van der Waals surface area (Å²) in [4.78, 5) is 34.8. The van der Waals surface area contributed by atoms with Gasteiger partial charge in [-0.05, 0) is 85.5 Å². The fourth-order valence-corrected chi connectivity index (χ4v) is 5.78. The third-order valence-corrected chi connectivity index (χ3v) is 8.31. The number of amides is 1. The average molecular weight is 527 g/mol. The van der Waals surface area contributed by atoms with Gasteiger partial charge < -0.3 is 25.0 Å². The lowest BCUT2D eigenvalue weighted by Crippen LogP contribution is -2.41. The summed E-state index contributed by atoms with van der Waals surface area (Å²) < 4.78 is 8.75. The molecule has 2 aliphatic heterocycles. The number of aliphatic hydroxyl groups is 1. The van der Waals surface area contributed by atoms with Crippen molar-refractivity contribution in [2.24, 2.45) is 10.6 Å². The Morgan fingerprint density at radius 3 is 2.70 bits per heavy atom. The fourth-order valence-electron chi connectivity index (χ4n) is 5.12. The van der Waals surface area contributed by atoms with Crippen molar-refractivity contribution < 1.29 is 14.6 Å². The van der Waals surface area contributed by atoms with Gasteiger partial charge in [-0.1, -0.05) is 0 Å². The number of nitroso groups, excluding NO2 is 1. The largest absolute Gasteiger partial charge is 0.395 e. The van der Waals surface area contributed by atoms with E-state index >= 15 is 0 Å². The van der Waals surface area contributed by atoms with Crippen molar-refractivity contribution in [1.29, 1.82) is 0 Å². The number of carbonyl (C=O) groups excluding carboxylic acids is 1. The van der Waals surface area contributed by atoms with Crippen molar-refractivity contribution in [2.75, 3.05) is 61.1 Å². The summed E-state index contributed by atoms with van der Waals surface area (Å²) in [6.07, 6.45) is 4.94. The molecule has 0 unspecified atom stereocenters. The Morgan fingerprint density at radius 1 is 1.19 bits per heavy atom. The highest BCUT2D eigenvalue weighted by Crippen LogP contribution is 2.54. The maximum absolute atomic E-state index is 13.5. The molecule has 3 heterocycles. The first kappa shape index (κ1) is 25.9. The minimum atomic E-state index is -0.248. The smallest absolute Gasteiger partial charge is 0.258 e. The zero-order chi connectivity index (χ0) is 25.8. The van der Waals surface area contributed by atoms with Crippen LogP contribution in [-0.2, 0) is 4.74 Å². The number of hydrogen-bond donors (Lipinski definition) is 3. The molecule has 37 heavy (non-hydrogen) atoms. The Kier molecular flexibility index (Phi) is 7.94. The Morgan fingerprint density at radius 2 is 2.00 bits per heavy atom. The second kappa shape index (κ2) is 11.3. The number of aromatic nitrogens is 1. The van der Waals surface area contributed by atoms with E-state index in [1.54, 1.807) is 12.1 Å². The average Bonchev–Trinajstić information content (AvgIpc) is 3.67. The van der Waals surface area contributed by atoms with Crippen molar-refractivity contribution in [3.63, 3.8) is 0 Å². The number of morpholine rings is 1. The third-order valence-electron chi connectivity index (χ3n) is 7.47. The van der Waals surface area contributed by atoms with E-state index in [1.807, 2.05) is 30.0 Å². The number of pyridine rings is 1. The molecule has 1 saturated carbocycles. The molecule has 3 aliphatic rings. The molecule has 11 heteroatoms. The maximum Gasteiger partial charge on any atom is 0.258 e. The van der Waals surface area contributed by atoms with Gasteiger partial charge in [0.1, 0.15) is 5.82 Å². The van der Waals surface area contributed by atoms with Gasteiger partial charge >= 0.3 is 0 Å². The highest BCUT2D eigenvalue weighted by molar-refractivity contribution is 7.97. The number of ether oxygens (including phenoxy) is 1. The second-order valence-corrected chi connectivity index (χ2v) is 11.1. The molecule has 2 aromatic rings. The molecule has 10 nitrogen and oxygen atoms in total. The van der Waals surface area contributed by atoms with Crippen LogP contribution in [0.25, 0.3) is 0 Å². The number of nitrogens with one attached hydrogen (secondary N) is 2. The molecule has 198 valence electrons. The van der Waals surface area contributed by atoms with Gasteiger partial charge in [0.25, 0.3) is 5.91 Å². The minimum absolute atomic E-state index is 0.0124. The highest BCUT2D eigenvalue weighted by Gasteiger charge is 2.44. The molecule has 1 spiro atoms. The van der Waals surface area contributed by atoms with Crippen LogP contribution in [0, 0.1) is 10.3 Å². The molecule has 1 aromatic carbocycles. The van der Waals surface area contributed by atoms with Gasteiger partial charge in [-0.15, -0.1) is 4.91 Å². The summed E-state index contributed by atoms with van der Waals surface area (Å²) in [7, 11) is 0. The molecule has 1 amide bonds. The Balaban J connectivity index is 1.38. The van der Waals surface area contributed by atoms with Gasteiger partial charge in [0.2, 0.25) is 0 Å². The summed E-state index contributed by atoms with van der Waals surface area (Å²) in [6.45, 7) is 6.10. The summed E-state index contributed by atoms with van der Waals surface area (Å²) in [5, 5.41) is 15.2. The van der Waals surface area contributed by atoms with Crippen LogP contribution in [0.15, 0.2) is 40.4 Å². The first-order valence-corrected chi connectivity index (χ1v) is 13.7. The molecule has 1 aromatic heterocycles. The van der Waals surface area contributed by atoms with Gasteiger partial charge in [-0.2, -0.15) is 0 Å². The van der Waals surface area contributed by atoms with Gasteiger partial charge in [0, 0.05) is 37.6 Å². The zero-order valence-corrected chi connectivity index (χ0v) is 21.9. The van der Waals surface area contributed by atoms with E-state index in [0.717, 1.165) is 36.5 Å². The Hall–Kier alpha value is -2.73. The number of aliphatic hydroxyl groups excluding tert-OH is 1. The monoisotopic (exact) mass is 526 g/mol. The van der Waals surface area contributed by atoms with Crippen molar-refractivity contribution >= 4 is 40.9 Å². The molecule has 1 atom stereocenters. The fraction of sp³-hybridized carbons (Fsp3) is 0.538.